The summed E-state index contributed by atoms with van der Waals surface area (Å²) in [6.45, 7) is 4.24. The van der Waals surface area contributed by atoms with Crippen LogP contribution in [0.3, 0.4) is 0 Å². The number of halogens is 1. The van der Waals surface area contributed by atoms with Gasteiger partial charge >= 0.3 is 0 Å². The van der Waals surface area contributed by atoms with Gasteiger partial charge in [-0.3, -0.25) is 0 Å². The Balaban J connectivity index is 2.08. The van der Waals surface area contributed by atoms with Crippen LogP contribution in [0.2, 0.25) is 0 Å². The molecule has 0 amide bonds. The SMILES string of the molecule is C[C@@H]1CNCCc2ccc(-c3ccccc3F)cc21. The second kappa shape index (κ2) is 5.14. The fourth-order valence-electron chi connectivity index (χ4n) is 2.80. The Kier molecular flexibility index (Phi) is 3.34. The Bertz CT molecular complexity index is 592. The van der Waals surface area contributed by atoms with E-state index in [0.29, 0.717) is 11.5 Å². The van der Waals surface area contributed by atoms with E-state index in [9.17, 15) is 4.39 Å². The molecule has 1 aliphatic rings. The van der Waals surface area contributed by atoms with E-state index in [4.69, 9.17) is 0 Å². The minimum Gasteiger partial charge on any atom is -0.316 e. The van der Waals surface area contributed by atoms with Crippen molar-refractivity contribution in [3.05, 3.63) is 59.4 Å². The Labute approximate surface area is 113 Å². The minimum absolute atomic E-state index is 0.151. The van der Waals surface area contributed by atoms with Crippen LogP contribution in [0.5, 0.6) is 0 Å². The number of hydrogen-bond acceptors (Lipinski definition) is 1. The first kappa shape index (κ1) is 12.4. The summed E-state index contributed by atoms with van der Waals surface area (Å²) in [4.78, 5) is 0. The second-order valence-electron chi connectivity index (χ2n) is 5.25. The molecule has 0 bridgehead atoms. The number of nitrogens with one attached hydrogen (secondary N) is 1. The van der Waals surface area contributed by atoms with Gasteiger partial charge in [-0.15, -0.1) is 0 Å². The Morgan fingerprint density at radius 3 is 2.84 bits per heavy atom. The lowest BCUT2D eigenvalue weighted by molar-refractivity contribution is 0.631. The third-order valence-electron chi connectivity index (χ3n) is 3.88. The van der Waals surface area contributed by atoms with Gasteiger partial charge in [0.05, 0.1) is 0 Å². The number of hydrogen-bond donors (Lipinski definition) is 1. The predicted molar refractivity (Wildman–Crippen MR) is 76.8 cm³/mol. The molecule has 0 unspecified atom stereocenters. The average molecular weight is 255 g/mol. The molecule has 2 aromatic carbocycles. The van der Waals surface area contributed by atoms with E-state index >= 15 is 0 Å². The third-order valence-corrected chi connectivity index (χ3v) is 3.88. The van der Waals surface area contributed by atoms with Gasteiger partial charge in [0, 0.05) is 12.1 Å². The molecule has 0 saturated carbocycles. The van der Waals surface area contributed by atoms with Crippen molar-refractivity contribution in [1.29, 1.82) is 0 Å². The van der Waals surface area contributed by atoms with E-state index in [2.05, 4.69) is 24.4 Å². The van der Waals surface area contributed by atoms with E-state index in [1.807, 2.05) is 18.2 Å². The van der Waals surface area contributed by atoms with Crippen LogP contribution in [-0.4, -0.2) is 13.1 Å². The molecule has 0 aliphatic carbocycles. The van der Waals surface area contributed by atoms with Crippen LogP contribution >= 0.6 is 0 Å². The summed E-state index contributed by atoms with van der Waals surface area (Å²) < 4.78 is 13.9. The molecule has 1 aliphatic heterocycles. The van der Waals surface area contributed by atoms with E-state index in [1.54, 1.807) is 6.07 Å². The fourth-order valence-corrected chi connectivity index (χ4v) is 2.80. The van der Waals surface area contributed by atoms with Crippen LogP contribution in [0.1, 0.15) is 24.0 Å². The Morgan fingerprint density at radius 2 is 2.00 bits per heavy atom. The van der Waals surface area contributed by atoms with Gasteiger partial charge in [-0.2, -0.15) is 0 Å². The predicted octanol–water partition coefficient (Wildman–Crippen LogP) is 3.74. The molecule has 3 rings (SSSR count). The molecule has 2 heteroatoms. The molecule has 0 fully saturated rings. The molecule has 0 radical (unpaired) electrons. The third kappa shape index (κ3) is 2.41. The summed E-state index contributed by atoms with van der Waals surface area (Å²) in [5.41, 5.74) is 4.41. The molecule has 1 N–H and O–H groups in total. The van der Waals surface area contributed by atoms with Crippen molar-refractivity contribution in [2.75, 3.05) is 13.1 Å². The van der Waals surface area contributed by atoms with Crippen LogP contribution in [0.25, 0.3) is 11.1 Å². The molecule has 19 heavy (non-hydrogen) atoms. The zero-order chi connectivity index (χ0) is 13.2. The van der Waals surface area contributed by atoms with Crippen LogP contribution < -0.4 is 5.32 Å². The largest absolute Gasteiger partial charge is 0.316 e. The number of benzene rings is 2. The van der Waals surface area contributed by atoms with Crippen LogP contribution in [0.15, 0.2) is 42.5 Å². The molecule has 0 spiro atoms. The smallest absolute Gasteiger partial charge is 0.131 e. The molecular weight excluding hydrogens is 237 g/mol. The first-order chi connectivity index (χ1) is 9.25. The van der Waals surface area contributed by atoms with Crippen molar-refractivity contribution in [2.24, 2.45) is 0 Å². The highest BCUT2D eigenvalue weighted by Crippen LogP contribution is 2.29. The average Bonchev–Trinajstić information content (AvgIpc) is 2.61. The highest BCUT2D eigenvalue weighted by molar-refractivity contribution is 5.66. The van der Waals surface area contributed by atoms with E-state index in [1.165, 1.54) is 17.2 Å². The van der Waals surface area contributed by atoms with Crippen molar-refractivity contribution >= 4 is 0 Å². The van der Waals surface area contributed by atoms with Crippen molar-refractivity contribution in [2.45, 2.75) is 19.3 Å². The summed E-state index contributed by atoms with van der Waals surface area (Å²) in [6, 6.07) is 13.3. The Morgan fingerprint density at radius 1 is 1.16 bits per heavy atom. The standard InChI is InChI=1S/C17H18FN/c1-12-11-19-9-8-13-6-7-14(10-16(12)13)15-4-2-3-5-17(15)18/h2-7,10,12,19H,8-9,11H2,1H3/t12-/m1/s1. The normalized spacial score (nSPS) is 18.7. The van der Waals surface area contributed by atoms with Crippen molar-refractivity contribution in [3.63, 3.8) is 0 Å². The maximum atomic E-state index is 13.9. The topological polar surface area (TPSA) is 12.0 Å². The van der Waals surface area contributed by atoms with Gasteiger partial charge in [-0.25, -0.2) is 4.39 Å². The zero-order valence-electron chi connectivity index (χ0n) is 11.1. The summed E-state index contributed by atoms with van der Waals surface area (Å²) in [7, 11) is 0. The van der Waals surface area contributed by atoms with Gasteiger partial charge in [0.15, 0.2) is 0 Å². The van der Waals surface area contributed by atoms with Gasteiger partial charge in [-0.05, 0) is 41.6 Å². The van der Waals surface area contributed by atoms with Crippen molar-refractivity contribution < 1.29 is 4.39 Å². The quantitative estimate of drug-likeness (QED) is 0.818. The fraction of sp³-hybridized carbons (Fsp3) is 0.294. The lowest BCUT2D eigenvalue weighted by Crippen LogP contribution is -2.18. The molecular formula is C17H18FN. The zero-order valence-corrected chi connectivity index (χ0v) is 11.1. The highest BCUT2D eigenvalue weighted by Gasteiger charge is 2.15. The van der Waals surface area contributed by atoms with Crippen molar-refractivity contribution in [1.82, 2.24) is 5.32 Å². The van der Waals surface area contributed by atoms with Gasteiger partial charge in [0.2, 0.25) is 0 Å². The monoisotopic (exact) mass is 255 g/mol. The van der Waals surface area contributed by atoms with Gasteiger partial charge < -0.3 is 5.32 Å². The molecule has 1 atom stereocenters. The number of fused-ring (bicyclic) bond motifs is 1. The molecule has 98 valence electrons. The van der Waals surface area contributed by atoms with E-state index in [0.717, 1.165) is 25.1 Å². The second-order valence-corrected chi connectivity index (χ2v) is 5.25. The minimum atomic E-state index is -0.151. The van der Waals surface area contributed by atoms with E-state index in [-0.39, 0.29) is 5.82 Å². The van der Waals surface area contributed by atoms with Gasteiger partial charge in [0.25, 0.3) is 0 Å². The molecule has 0 aromatic heterocycles. The first-order valence-electron chi connectivity index (χ1n) is 6.84. The molecule has 1 heterocycles. The van der Waals surface area contributed by atoms with E-state index < -0.39 is 0 Å². The molecule has 0 saturated heterocycles. The summed E-state index contributed by atoms with van der Waals surface area (Å²) in [5, 5.41) is 3.44. The van der Waals surface area contributed by atoms with Crippen molar-refractivity contribution in [3.8, 4) is 11.1 Å². The molecule has 1 nitrogen and oxygen atoms in total. The lowest BCUT2D eigenvalue weighted by atomic mass is 9.91. The van der Waals surface area contributed by atoms with Crippen LogP contribution in [-0.2, 0) is 6.42 Å². The lowest BCUT2D eigenvalue weighted by Gasteiger charge is -2.14. The summed E-state index contributed by atoms with van der Waals surface area (Å²) in [5.74, 6) is 0.325. The van der Waals surface area contributed by atoms with Gasteiger partial charge in [0.1, 0.15) is 5.82 Å². The van der Waals surface area contributed by atoms with Crippen LogP contribution in [0, 0.1) is 5.82 Å². The summed E-state index contributed by atoms with van der Waals surface area (Å²) in [6.07, 6.45) is 1.05. The Hall–Kier alpha value is -1.67. The van der Waals surface area contributed by atoms with Gasteiger partial charge in [-0.1, -0.05) is 43.3 Å². The highest BCUT2D eigenvalue weighted by atomic mass is 19.1. The summed E-state index contributed by atoms with van der Waals surface area (Å²) >= 11 is 0. The first-order valence-corrected chi connectivity index (χ1v) is 6.84. The number of rotatable bonds is 1. The maximum absolute atomic E-state index is 13.9. The maximum Gasteiger partial charge on any atom is 0.131 e. The van der Waals surface area contributed by atoms with Crippen LogP contribution in [0.4, 0.5) is 4.39 Å². The molecule has 2 aromatic rings.